The number of carbonyl (C=O) groups excluding carboxylic acids is 1. The van der Waals surface area contributed by atoms with E-state index in [1.54, 1.807) is 6.07 Å². The monoisotopic (exact) mass is 405 g/mol. The second-order valence-corrected chi connectivity index (χ2v) is 7.80. The average molecular weight is 406 g/mol. The molecule has 1 aliphatic rings. The molecule has 1 N–H and O–H groups in total. The standard InChI is InChI=1S/C25H28FN3O/c26-23-11-3-4-12-24(23)29-17-15-28(16-18-29)14-6-13-27-25(30)19-21-9-5-8-20-7-1-2-10-22(20)21/h1-5,7-12H,6,13-19H2,(H,27,30). The molecule has 0 saturated carbocycles. The Morgan fingerprint density at radius 2 is 1.63 bits per heavy atom. The summed E-state index contributed by atoms with van der Waals surface area (Å²) in [4.78, 5) is 16.9. The maximum Gasteiger partial charge on any atom is 0.224 e. The number of benzene rings is 3. The predicted octanol–water partition coefficient (Wildman–Crippen LogP) is 3.85. The maximum absolute atomic E-state index is 13.9. The van der Waals surface area contributed by atoms with Gasteiger partial charge in [-0.05, 0) is 41.4 Å². The van der Waals surface area contributed by atoms with Crippen molar-refractivity contribution in [3.05, 3.63) is 78.1 Å². The number of nitrogens with zero attached hydrogens (tertiary/aromatic N) is 2. The largest absolute Gasteiger partial charge is 0.367 e. The molecule has 4 rings (SSSR count). The minimum absolute atomic E-state index is 0.0655. The van der Waals surface area contributed by atoms with Gasteiger partial charge in [-0.3, -0.25) is 9.69 Å². The number of fused-ring (bicyclic) bond motifs is 1. The number of hydrogen-bond acceptors (Lipinski definition) is 3. The van der Waals surface area contributed by atoms with Crippen LogP contribution in [0.1, 0.15) is 12.0 Å². The average Bonchev–Trinajstić information content (AvgIpc) is 2.78. The van der Waals surface area contributed by atoms with E-state index in [-0.39, 0.29) is 11.7 Å². The van der Waals surface area contributed by atoms with Crippen LogP contribution in [-0.4, -0.2) is 50.1 Å². The first-order chi connectivity index (χ1) is 14.7. The van der Waals surface area contributed by atoms with E-state index in [2.05, 4.69) is 33.3 Å². The van der Waals surface area contributed by atoms with Gasteiger partial charge in [-0.1, -0.05) is 54.6 Å². The lowest BCUT2D eigenvalue weighted by Crippen LogP contribution is -2.47. The van der Waals surface area contributed by atoms with Gasteiger partial charge < -0.3 is 10.2 Å². The van der Waals surface area contributed by atoms with E-state index in [4.69, 9.17) is 0 Å². The molecule has 1 heterocycles. The van der Waals surface area contributed by atoms with Crippen LogP contribution in [0.25, 0.3) is 10.8 Å². The summed E-state index contributed by atoms with van der Waals surface area (Å²) in [5.74, 6) is -0.0874. The highest BCUT2D eigenvalue weighted by Crippen LogP contribution is 2.20. The van der Waals surface area contributed by atoms with E-state index in [0.717, 1.165) is 55.5 Å². The van der Waals surface area contributed by atoms with Crippen LogP contribution in [-0.2, 0) is 11.2 Å². The van der Waals surface area contributed by atoms with Gasteiger partial charge in [0.25, 0.3) is 0 Å². The highest BCUT2D eigenvalue weighted by atomic mass is 19.1. The highest BCUT2D eigenvalue weighted by molar-refractivity contribution is 5.90. The lowest BCUT2D eigenvalue weighted by molar-refractivity contribution is -0.120. The zero-order valence-electron chi connectivity index (χ0n) is 17.2. The molecule has 1 aliphatic heterocycles. The molecule has 30 heavy (non-hydrogen) atoms. The molecule has 0 bridgehead atoms. The van der Waals surface area contributed by atoms with Crippen molar-refractivity contribution in [1.82, 2.24) is 10.2 Å². The number of anilines is 1. The second kappa shape index (κ2) is 9.72. The first-order valence-corrected chi connectivity index (χ1v) is 10.7. The Morgan fingerprint density at radius 1 is 0.900 bits per heavy atom. The first kappa shape index (κ1) is 20.4. The van der Waals surface area contributed by atoms with E-state index >= 15 is 0 Å². The van der Waals surface area contributed by atoms with Crippen molar-refractivity contribution in [1.29, 1.82) is 0 Å². The second-order valence-electron chi connectivity index (χ2n) is 7.80. The third-order valence-electron chi connectivity index (χ3n) is 5.77. The molecule has 156 valence electrons. The number of halogens is 1. The first-order valence-electron chi connectivity index (χ1n) is 10.7. The summed E-state index contributed by atoms with van der Waals surface area (Å²) in [6.45, 7) is 5.11. The quantitative estimate of drug-likeness (QED) is 0.607. The number of amides is 1. The van der Waals surface area contributed by atoms with Gasteiger partial charge in [-0.25, -0.2) is 4.39 Å². The summed E-state index contributed by atoms with van der Waals surface area (Å²) in [6, 6.07) is 21.2. The Balaban J connectivity index is 1.18. The van der Waals surface area contributed by atoms with Crippen molar-refractivity contribution in [2.45, 2.75) is 12.8 Å². The molecule has 5 heteroatoms. The zero-order chi connectivity index (χ0) is 20.8. The molecular weight excluding hydrogens is 377 g/mol. The smallest absolute Gasteiger partial charge is 0.224 e. The summed E-state index contributed by atoms with van der Waals surface area (Å²) in [7, 11) is 0. The van der Waals surface area contributed by atoms with Crippen LogP contribution in [0.3, 0.4) is 0 Å². The number of hydrogen-bond donors (Lipinski definition) is 1. The van der Waals surface area contributed by atoms with E-state index in [9.17, 15) is 9.18 Å². The van der Waals surface area contributed by atoms with Crippen molar-refractivity contribution < 1.29 is 9.18 Å². The number of rotatable bonds is 7. The molecule has 3 aromatic carbocycles. The number of para-hydroxylation sites is 1. The van der Waals surface area contributed by atoms with E-state index in [1.165, 1.54) is 6.07 Å². The fourth-order valence-corrected chi connectivity index (χ4v) is 4.13. The van der Waals surface area contributed by atoms with Crippen LogP contribution in [0.4, 0.5) is 10.1 Å². The third-order valence-corrected chi connectivity index (χ3v) is 5.77. The van der Waals surface area contributed by atoms with Gasteiger partial charge in [0, 0.05) is 32.7 Å². The maximum atomic E-state index is 13.9. The molecule has 0 unspecified atom stereocenters. The molecule has 1 saturated heterocycles. The highest BCUT2D eigenvalue weighted by Gasteiger charge is 2.18. The molecule has 0 radical (unpaired) electrons. The Labute approximate surface area is 177 Å². The van der Waals surface area contributed by atoms with Crippen molar-refractivity contribution in [3.63, 3.8) is 0 Å². The van der Waals surface area contributed by atoms with Gasteiger partial charge in [0.15, 0.2) is 0 Å². The lowest BCUT2D eigenvalue weighted by atomic mass is 10.0. The number of carbonyl (C=O) groups is 1. The van der Waals surface area contributed by atoms with Gasteiger partial charge in [0.2, 0.25) is 5.91 Å². The van der Waals surface area contributed by atoms with Gasteiger partial charge in [-0.15, -0.1) is 0 Å². The predicted molar refractivity (Wildman–Crippen MR) is 120 cm³/mol. The topological polar surface area (TPSA) is 35.6 Å². The van der Waals surface area contributed by atoms with Crippen molar-refractivity contribution in [2.24, 2.45) is 0 Å². The zero-order valence-corrected chi connectivity index (χ0v) is 17.2. The normalized spacial score (nSPS) is 14.8. The minimum Gasteiger partial charge on any atom is -0.367 e. The number of piperazine rings is 1. The van der Waals surface area contributed by atoms with Crippen LogP contribution < -0.4 is 10.2 Å². The van der Waals surface area contributed by atoms with Crippen LogP contribution >= 0.6 is 0 Å². The van der Waals surface area contributed by atoms with Crippen LogP contribution in [0.5, 0.6) is 0 Å². The van der Waals surface area contributed by atoms with Gasteiger partial charge in [0.1, 0.15) is 5.82 Å². The molecule has 0 atom stereocenters. The van der Waals surface area contributed by atoms with Gasteiger partial charge in [0.05, 0.1) is 12.1 Å². The Kier molecular flexibility index (Phi) is 6.60. The fraction of sp³-hybridized carbons (Fsp3) is 0.320. The fourth-order valence-electron chi connectivity index (χ4n) is 4.13. The van der Waals surface area contributed by atoms with Crippen LogP contribution in [0.2, 0.25) is 0 Å². The summed E-state index contributed by atoms with van der Waals surface area (Å²) in [6.07, 6.45) is 1.32. The molecule has 1 amide bonds. The Morgan fingerprint density at radius 3 is 2.47 bits per heavy atom. The molecule has 0 spiro atoms. The molecule has 0 aromatic heterocycles. The molecule has 3 aromatic rings. The lowest BCUT2D eigenvalue weighted by Gasteiger charge is -2.36. The van der Waals surface area contributed by atoms with E-state index in [0.29, 0.717) is 18.7 Å². The van der Waals surface area contributed by atoms with Gasteiger partial charge >= 0.3 is 0 Å². The minimum atomic E-state index is -0.153. The van der Waals surface area contributed by atoms with Crippen molar-refractivity contribution >= 4 is 22.4 Å². The van der Waals surface area contributed by atoms with E-state index in [1.807, 2.05) is 36.4 Å². The molecule has 1 fully saturated rings. The van der Waals surface area contributed by atoms with E-state index < -0.39 is 0 Å². The molecule has 4 nitrogen and oxygen atoms in total. The van der Waals surface area contributed by atoms with Crippen molar-refractivity contribution in [2.75, 3.05) is 44.2 Å². The summed E-state index contributed by atoms with van der Waals surface area (Å²) >= 11 is 0. The Hall–Kier alpha value is -2.92. The number of nitrogens with one attached hydrogen (secondary N) is 1. The summed E-state index contributed by atoms with van der Waals surface area (Å²) < 4.78 is 13.9. The Bertz CT molecular complexity index is 993. The van der Waals surface area contributed by atoms with Gasteiger partial charge in [-0.2, -0.15) is 0 Å². The third kappa shape index (κ3) is 4.97. The van der Waals surface area contributed by atoms with Crippen molar-refractivity contribution in [3.8, 4) is 0 Å². The molecular formula is C25H28FN3O. The summed E-state index contributed by atoms with van der Waals surface area (Å²) in [5.41, 5.74) is 1.76. The SMILES string of the molecule is O=C(Cc1cccc2ccccc12)NCCCN1CCN(c2ccccc2F)CC1. The summed E-state index contributed by atoms with van der Waals surface area (Å²) in [5, 5.41) is 5.36. The molecule has 0 aliphatic carbocycles. The van der Waals surface area contributed by atoms with Crippen LogP contribution in [0.15, 0.2) is 66.7 Å². The van der Waals surface area contributed by atoms with Crippen LogP contribution in [0, 0.1) is 5.82 Å².